The summed E-state index contributed by atoms with van der Waals surface area (Å²) in [7, 11) is 0. The Kier molecular flexibility index (Phi) is 3.93. The average Bonchev–Trinajstić information content (AvgIpc) is 3.34. The zero-order valence-corrected chi connectivity index (χ0v) is 15.7. The number of nitrogens with one attached hydrogen (secondary N) is 1. The molecule has 0 radical (unpaired) electrons. The molecule has 2 atom stereocenters. The summed E-state index contributed by atoms with van der Waals surface area (Å²) in [5.74, 6) is 1.60. The van der Waals surface area contributed by atoms with Crippen LogP contribution in [0.25, 0.3) is 21.9 Å². The van der Waals surface area contributed by atoms with E-state index in [1.807, 2.05) is 19.1 Å². The quantitative estimate of drug-likeness (QED) is 0.734. The van der Waals surface area contributed by atoms with Gasteiger partial charge in [-0.1, -0.05) is 5.59 Å². The molecule has 0 saturated carbocycles. The van der Waals surface area contributed by atoms with Gasteiger partial charge >= 0.3 is 0 Å². The first kappa shape index (κ1) is 17.0. The standard InChI is InChI=1S/C20H20N6O2/c1-12-9-15(5-7-27-12)26-13(2)22-18-19(26)16-10-14(11-21)3-4-17(16)23-20(18)25-6-8-28-24-25/h3-4,6,8,10,12,15,24H,5,7,9H2,1-2H3/t12-,15-/m1/s1. The Bertz CT molecular complexity index is 1150. The molecule has 0 unspecified atom stereocenters. The van der Waals surface area contributed by atoms with E-state index >= 15 is 0 Å². The molecule has 5 rings (SSSR count). The van der Waals surface area contributed by atoms with Crippen molar-refractivity contribution in [2.45, 2.75) is 38.8 Å². The number of anilines is 1. The van der Waals surface area contributed by atoms with Crippen LogP contribution < -0.4 is 10.6 Å². The number of pyridine rings is 1. The molecule has 2 aromatic heterocycles. The maximum absolute atomic E-state index is 9.40. The van der Waals surface area contributed by atoms with E-state index < -0.39 is 0 Å². The average molecular weight is 376 g/mol. The minimum Gasteiger partial charge on any atom is -0.395 e. The number of imidazole rings is 1. The maximum Gasteiger partial charge on any atom is 0.178 e. The van der Waals surface area contributed by atoms with Crippen molar-refractivity contribution in [3.05, 3.63) is 42.0 Å². The molecular formula is C20H20N6O2. The van der Waals surface area contributed by atoms with E-state index in [1.54, 1.807) is 23.5 Å². The molecule has 2 aliphatic rings. The van der Waals surface area contributed by atoms with Crippen molar-refractivity contribution in [3.63, 3.8) is 0 Å². The summed E-state index contributed by atoms with van der Waals surface area (Å²) in [6.45, 7) is 4.86. The molecule has 0 aliphatic carbocycles. The van der Waals surface area contributed by atoms with Gasteiger partial charge in [0.05, 0.1) is 35.0 Å². The first-order chi connectivity index (χ1) is 13.7. The van der Waals surface area contributed by atoms with E-state index in [1.165, 1.54) is 0 Å². The Hall–Kier alpha value is -3.15. The zero-order chi connectivity index (χ0) is 19.3. The van der Waals surface area contributed by atoms with Crippen molar-refractivity contribution in [1.82, 2.24) is 20.1 Å². The van der Waals surface area contributed by atoms with Gasteiger partial charge in [-0.2, -0.15) is 5.26 Å². The number of ether oxygens (including phenoxy) is 1. The lowest BCUT2D eigenvalue weighted by molar-refractivity contribution is 0.00640. The predicted molar refractivity (Wildman–Crippen MR) is 104 cm³/mol. The van der Waals surface area contributed by atoms with Crippen LogP contribution in [-0.2, 0) is 9.57 Å². The molecule has 3 aromatic rings. The minimum absolute atomic E-state index is 0.203. The molecule has 1 aromatic carbocycles. The molecular weight excluding hydrogens is 356 g/mol. The van der Waals surface area contributed by atoms with Gasteiger partial charge in [0.25, 0.3) is 0 Å². The highest BCUT2D eigenvalue weighted by atomic mass is 16.7. The summed E-state index contributed by atoms with van der Waals surface area (Å²) in [5, 5.41) is 12.0. The van der Waals surface area contributed by atoms with Gasteiger partial charge in [0.1, 0.15) is 17.6 Å². The monoisotopic (exact) mass is 376 g/mol. The third-order valence-electron chi connectivity index (χ3n) is 5.39. The van der Waals surface area contributed by atoms with Crippen molar-refractivity contribution < 1.29 is 9.57 Å². The van der Waals surface area contributed by atoms with Crippen molar-refractivity contribution >= 4 is 27.8 Å². The van der Waals surface area contributed by atoms with E-state index in [2.05, 4.69) is 23.1 Å². The van der Waals surface area contributed by atoms with Gasteiger partial charge in [-0.3, -0.25) is 0 Å². The second kappa shape index (κ2) is 6.48. The van der Waals surface area contributed by atoms with E-state index in [9.17, 15) is 5.26 Å². The van der Waals surface area contributed by atoms with Crippen LogP contribution in [0.2, 0.25) is 0 Å². The molecule has 142 valence electrons. The maximum atomic E-state index is 9.40. The van der Waals surface area contributed by atoms with Gasteiger partial charge in [-0.25, -0.2) is 15.0 Å². The number of aromatic nitrogens is 3. The number of aryl methyl sites for hydroxylation is 1. The van der Waals surface area contributed by atoms with Crippen LogP contribution in [0.1, 0.15) is 37.2 Å². The number of rotatable bonds is 2. The molecule has 8 nitrogen and oxygen atoms in total. The van der Waals surface area contributed by atoms with Gasteiger partial charge in [0, 0.05) is 18.0 Å². The fourth-order valence-electron chi connectivity index (χ4n) is 4.16. The number of hydrogen-bond donors (Lipinski definition) is 1. The lowest BCUT2D eigenvalue weighted by Crippen LogP contribution is -2.28. The van der Waals surface area contributed by atoms with E-state index in [-0.39, 0.29) is 12.1 Å². The number of nitriles is 1. The Morgan fingerprint density at radius 2 is 2.21 bits per heavy atom. The molecule has 0 bridgehead atoms. The number of benzene rings is 1. The summed E-state index contributed by atoms with van der Waals surface area (Å²) >= 11 is 0. The Labute approximate surface area is 161 Å². The topological polar surface area (TPSA) is 88.2 Å². The summed E-state index contributed by atoms with van der Waals surface area (Å²) in [4.78, 5) is 14.8. The van der Waals surface area contributed by atoms with Crippen LogP contribution in [0.15, 0.2) is 30.7 Å². The number of nitrogens with zero attached hydrogens (tertiary/aromatic N) is 5. The molecule has 1 saturated heterocycles. The number of hydrogen-bond acceptors (Lipinski definition) is 7. The van der Waals surface area contributed by atoms with Crippen LogP contribution in [0.3, 0.4) is 0 Å². The first-order valence-corrected chi connectivity index (χ1v) is 9.37. The second-order valence-corrected chi connectivity index (χ2v) is 7.23. The lowest BCUT2D eigenvalue weighted by Gasteiger charge is -2.29. The summed E-state index contributed by atoms with van der Waals surface area (Å²) < 4.78 is 8.05. The molecule has 2 aliphatic heterocycles. The number of hydrazine groups is 1. The van der Waals surface area contributed by atoms with Gasteiger partial charge in [-0.15, -0.1) is 0 Å². The highest BCUT2D eigenvalue weighted by molar-refractivity contribution is 6.07. The van der Waals surface area contributed by atoms with Gasteiger partial charge in [-0.05, 0) is 44.9 Å². The Morgan fingerprint density at radius 1 is 1.32 bits per heavy atom. The zero-order valence-electron chi connectivity index (χ0n) is 15.7. The highest BCUT2D eigenvalue weighted by Crippen LogP contribution is 2.37. The predicted octanol–water partition coefficient (Wildman–Crippen LogP) is 3.23. The third kappa shape index (κ3) is 2.59. The minimum atomic E-state index is 0.203. The fraction of sp³-hybridized carbons (Fsp3) is 0.350. The lowest BCUT2D eigenvalue weighted by atomic mass is 10.0. The van der Waals surface area contributed by atoms with Crippen molar-refractivity contribution in [1.29, 1.82) is 5.26 Å². The Balaban J connectivity index is 1.83. The SMILES string of the molecule is Cc1nc2c(N3C=CON3)nc3ccc(C#N)cc3c2n1[C@@H]1CCO[C@H](C)C1. The highest BCUT2D eigenvalue weighted by Gasteiger charge is 2.27. The van der Waals surface area contributed by atoms with Crippen LogP contribution >= 0.6 is 0 Å². The first-order valence-electron chi connectivity index (χ1n) is 9.37. The summed E-state index contributed by atoms with van der Waals surface area (Å²) in [6, 6.07) is 8.10. The van der Waals surface area contributed by atoms with Gasteiger partial charge < -0.3 is 14.1 Å². The Morgan fingerprint density at radius 3 is 2.96 bits per heavy atom. The van der Waals surface area contributed by atoms with Crippen LogP contribution in [0.5, 0.6) is 0 Å². The van der Waals surface area contributed by atoms with Crippen molar-refractivity contribution in [3.8, 4) is 6.07 Å². The van der Waals surface area contributed by atoms with Gasteiger partial charge in [0.15, 0.2) is 5.82 Å². The second-order valence-electron chi connectivity index (χ2n) is 7.23. The molecule has 4 heterocycles. The largest absolute Gasteiger partial charge is 0.395 e. The molecule has 0 spiro atoms. The van der Waals surface area contributed by atoms with Crippen molar-refractivity contribution in [2.24, 2.45) is 0 Å². The molecule has 8 heteroatoms. The molecule has 1 fully saturated rings. The van der Waals surface area contributed by atoms with E-state index in [0.717, 1.165) is 47.2 Å². The normalized spacial score (nSPS) is 22.0. The molecule has 28 heavy (non-hydrogen) atoms. The third-order valence-corrected chi connectivity index (χ3v) is 5.39. The smallest absolute Gasteiger partial charge is 0.178 e. The van der Waals surface area contributed by atoms with Crippen molar-refractivity contribution in [2.75, 3.05) is 11.6 Å². The van der Waals surface area contributed by atoms with Crippen LogP contribution in [-0.4, -0.2) is 27.2 Å². The summed E-state index contributed by atoms with van der Waals surface area (Å²) in [5.41, 5.74) is 6.00. The van der Waals surface area contributed by atoms with Crippen LogP contribution in [0.4, 0.5) is 5.82 Å². The molecule has 1 N–H and O–H groups in total. The van der Waals surface area contributed by atoms with Gasteiger partial charge in [0.2, 0.25) is 0 Å². The fourth-order valence-corrected chi connectivity index (χ4v) is 4.16. The van der Waals surface area contributed by atoms with E-state index in [0.29, 0.717) is 11.4 Å². The van der Waals surface area contributed by atoms with Crippen LogP contribution in [0, 0.1) is 18.3 Å². The number of fused-ring (bicyclic) bond motifs is 3. The summed E-state index contributed by atoms with van der Waals surface area (Å²) in [6.07, 6.45) is 5.38. The molecule has 0 amide bonds. The van der Waals surface area contributed by atoms with E-state index in [4.69, 9.17) is 19.5 Å².